The monoisotopic (exact) mass is 420 g/mol. The highest BCUT2D eigenvalue weighted by Crippen LogP contribution is 2.51. The molecule has 1 aromatic rings. The Morgan fingerprint density at radius 2 is 1.92 bits per heavy atom. The smallest absolute Gasteiger partial charge is 0.395 e. The Kier molecular flexibility index (Phi) is 5.93. The van der Waals surface area contributed by atoms with Gasteiger partial charge in [0.1, 0.15) is 0 Å². The minimum absolute atomic E-state index is 0.163. The molecule has 7 heteroatoms. The lowest BCUT2D eigenvalue weighted by Crippen LogP contribution is -2.48. The molecule has 0 aromatic carbocycles. The zero-order valence-electron chi connectivity index (χ0n) is 14.2. The normalized spacial score (nSPS) is 22.2. The maximum atomic E-state index is 13.5. The van der Waals surface area contributed by atoms with Crippen molar-refractivity contribution >= 4 is 15.9 Å². The minimum atomic E-state index is -4.09. The highest BCUT2D eigenvalue weighted by atomic mass is 79.9. The molecule has 0 atom stereocenters. The molecule has 1 saturated heterocycles. The van der Waals surface area contributed by atoms with Gasteiger partial charge in [0.25, 0.3) is 0 Å². The van der Waals surface area contributed by atoms with Gasteiger partial charge in [-0.25, -0.2) is 4.98 Å². The van der Waals surface area contributed by atoms with Crippen LogP contribution in [0.25, 0.3) is 0 Å². The number of alkyl halides is 3. The van der Waals surface area contributed by atoms with Crippen LogP contribution in [0.4, 0.5) is 13.2 Å². The van der Waals surface area contributed by atoms with Crippen molar-refractivity contribution in [3.63, 3.8) is 0 Å². The van der Waals surface area contributed by atoms with E-state index >= 15 is 0 Å². The van der Waals surface area contributed by atoms with Crippen LogP contribution in [-0.2, 0) is 0 Å². The molecule has 0 spiro atoms. The first kappa shape index (κ1) is 19.0. The van der Waals surface area contributed by atoms with E-state index in [1.165, 1.54) is 0 Å². The molecular formula is C18H24BrF3N2O. The molecule has 2 aliphatic rings. The third-order valence-electron chi connectivity index (χ3n) is 5.58. The van der Waals surface area contributed by atoms with Crippen molar-refractivity contribution in [1.29, 1.82) is 0 Å². The van der Waals surface area contributed by atoms with Crippen LogP contribution in [-0.4, -0.2) is 42.3 Å². The number of nitrogens with zero attached hydrogens (tertiary/aromatic N) is 2. The lowest BCUT2D eigenvalue weighted by molar-refractivity contribution is -0.228. The summed E-state index contributed by atoms with van der Waals surface area (Å²) in [6, 6.07) is 3.71. The Bertz CT molecular complexity index is 568. The Morgan fingerprint density at radius 1 is 1.24 bits per heavy atom. The van der Waals surface area contributed by atoms with Crippen molar-refractivity contribution in [2.45, 2.75) is 44.7 Å². The number of pyridine rings is 1. The molecule has 0 N–H and O–H groups in total. The fraction of sp³-hybridized carbons (Fsp3) is 0.722. The van der Waals surface area contributed by atoms with Crippen LogP contribution in [0.3, 0.4) is 0 Å². The van der Waals surface area contributed by atoms with Crippen molar-refractivity contribution in [1.82, 2.24) is 9.88 Å². The summed E-state index contributed by atoms with van der Waals surface area (Å²) in [5, 5.41) is 0. The molecule has 25 heavy (non-hydrogen) atoms. The summed E-state index contributed by atoms with van der Waals surface area (Å²) in [7, 11) is 0. The van der Waals surface area contributed by atoms with Crippen LogP contribution in [0.15, 0.2) is 22.8 Å². The lowest BCUT2D eigenvalue weighted by atomic mass is 9.83. The van der Waals surface area contributed by atoms with Crippen molar-refractivity contribution in [3.8, 4) is 5.88 Å². The Hall–Kier alpha value is -0.820. The van der Waals surface area contributed by atoms with Gasteiger partial charge in [-0.05, 0) is 72.8 Å². The van der Waals surface area contributed by atoms with E-state index in [4.69, 9.17) is 4.74 Å². The van der Waals surface area contributed by atoms with Gasteiger partial charge in [0, 0.05) is 12.7 Å². The Labute approximate surface area is 155 Å². The first-order valence-electron chi connectivity index (χ1n) is 8.92. The van der Waals surface area contributed by atoms with Crippen LogP contribution < -0.4 is 4.74 Å². The van der Waals surface area contributed by atoms with Crippen molar-refractivity contribution < 1.29 is 17.9 Å². The summed E-state index contributed by atoms with van der Waals surface area (Å²) in [6.07, 6.45) is 1.30. The molecule has 1 aliphatic carbocycles. The number of hydrogen-bond acceptors (Lipinski definition) is 3. The number of piperidine rings is 1. The summed E-state index contributed by atoms with van der Waals surface area (Å²) in [5.41, 5.74) is -1.48. The van der Waals surface area contributed by atoms with E-state index in [9.17, 15) is 13.2 Å². The molecular weight excluding hydrogens is 397 g/mol. The first-order chi connectivity index (χ1) is 11.9. The quantitative estimate of drug-likeness (QED) is 0.665. The van der Waals surface area contributed by atoms with Crippen LogP contribution in [0.1, 0.15) is 38.5 Å². The van der Waals surface area contributed by atoms with Gasteiger partial charge in [0.2, 0.25) is 5.88 Å². The van der Waals surface area contributed by atoms with E-state index in [0.29, 0.717) is 31.2 Å². The van der Waals surface area contributed by atoms with Gasteiger partial charge >= 0.3 is 6.18 Å². The van der Waals surface area contributed by atoms with Crippen LogP contribution in [0.5, 0.6) is 5.88 Å². The van der Waals surface area contributed by atoms with Crippen molar-refractivity contribution in [2.24, 2.45) is 11.3 Å². The first-order valence-corrected chi connectivity index (χ1v) is 9.71. The van der Waals surface area contributed by atoms with Crippen LogP contribution in [0.2, 0.25) is 0 Å². The molecule has 3 rings (SSSR count). The van der Waals surface area contributed by atoms with Gasteiger partial charge in [-0.1, -0.05) is 12.8 Å². The van der Waals surface area contributed by atoms with Crippen LogP contribution in [0, 0.1) is 11.3 Å². The molecule has 2 heterocycles. The van der Waals surface area contributed by atoms with E-state index in [2.05, 4.69) is 20.9 Å². The predicted molar refractivity (Wildman–Crippen MR) is 93.6 cm³/mol. The maximum absolute atomic E-state index is 13.5. The van der Waals surface area contributed by atoms with Gasteiger partial charge < -0.3 is 9.64 Å². The molecule has 0 amide bonds. The van der Waals surface area contributed by atoms with E-state index in [-0.39, 0.29) is 19.4 Å². The third-order valence-corrected chi connectivity index (χ3v) is 6.18. The van der Waals surface area contributed by atoms with E-state index in [1.807, 2.05) is 17.0 Å². The van der Waals surface area contributed by atoms with Crippen LogP contribution >= 0.6 is 15.9 Å². The topological polar surface area (TPSA) is 25.4 Å². The van der Waals surface area contributed by atoms with E-state index in [1.54, 1.807) is 6.20 Å². The molecule has 2 fully saturated rings. The number of halogens is 4. The molecule has 0 radical (unpaired) electrons. The largest absolute Gasteiger partial charge is 0.477 e. The Balaban J connectivity index is 1.48. The summed E-state index contributed by atoms with van der Waals surface area (Å²) >= 11 is 3.40. The number of ether oxygens (including phenoxy) is 1. The maximum Gasteiger partial charge on any atom is 0.395 e. The second-order valence-electron chi connectivity index (χ2n) is 7.31. The predicted octanol–water partition coefficient (Wildman–Crippen LogP) is 5.06. The molecule has 3 nitrogen and oxygen atoms in total. The number of rotatable bonds is 5. The average Bonchev–Trinajstić information content (AvgIpc) is 3.05. The second kappa shape index (κ2) is 7.82. The van der Waals surface area contributed by atoms with Gasteiger partial charge in [0.15, 0.2) is 0 Å². The standard InChI is InChI=1S/C18H24BrF3N2O/c19-15-4-3-9-23-16(15)25-12-14-5-10-24(11-6-14)13-17(18(20,21)22)7-1-2-8-17/h3-4,9,14H,1-2,5-8,10-13H2. The summed E-state index contributed by atoms with van der Waals surface area (Å²) < 4.78 is 47.2. The zero-order valence-corrected chi connectivity index (χ0v) is 15.8. The molecule has 0 unspecified atom stereocenters. The molecule has 1 aliphatic heterocycles. The molecule has 1 aromatic heterocycles. The number of hydrogen-bond donors (Lipinski definition) is 0. The third kappa shape index (κ3) is 4.48. The minimum Gasteiger partial charge on any atom is -0.477 e. The Morgan fingerprint density at radius 3 is 2.52 bits per heavy atom. The van der Waals surface area contributed by atoms with Gasteiger partial charge in [0.05, 0.1) is 16.5 Å². The van der Waals surface area contributed by atoms with E-state index < -0.39 is 11.6 Å². The van der Waals surface area contributed by atoms with Crippen molar-refractivity contribution in [3.05, 3.63) is 22.8 Å². The van der Waals surface area contributed by atoms with Gasteiger partial charge in [-0.2, -0.15) is 13.2 Å². The molecule has 0 bridgehead atoms. The average molecular weight is 421 g/mol. The highest BCUT2D eigenvalue weighted by molar-refractivity contribution is 9.10. The molecule has 1 saturated carbocycles. The van der Waals surface area contributed by atoms with E-state index in [0.717, 1.165) is 30.4 Å². The van der Waals surface area contributed by atoms with Gasteiger partial charge in [-0.3, -0.25) is 0 Å². The number of aromatic nitrogens is 1. The highest BCUT2D eigenvalue weighted by Gasteiger charge is 2.56. The summed E-state index contributed by atoms with van der Waals surface area (Å²) in [6.45, 7) is 2.16. The fourth-order valence-corrected chi connectivity index (χ4v) is 4.37. The summed E-state index contributed by atoms with van der Waals surface area (Å²) in [5.74, 6) is 0.947. The lowest BCUT2D eigenvalue weighted by Gasteiger charge is -2.40. The number of likely N-dealkylation sites (tertiary alicyclic amines) is 1. The second-order valence-corrected chi connectivity index (χ2v) is 8.16. The SMILES string of the molecule is FC(F)(F)C1(CN2CCC(COc3ncccc3Br)CC2)CCCC1. The van der Waals surface area contributed by atoms with Crippen molar-refractivity contribution in [2.75, 3.05) is 26.2 Å². The fourth-order valence-electron chi connectivity index (χ4n) is 4.00. The van der Waals surface area contributed by atoms with Gasteiger partial charge in [-0.15, -0.1) is 0 Å². The molecule has 140 valence electrons. The summed E-state index contributed by atoms with van der Waals surface area (Å²) in [4.78, 5) is 6.18. The zero-order chi connectivity index (χ0) is 17.9.